The molecule has 0 saturated carbocycles. The molecule has 0 spiro atoms. The molecule has 0 radical (unpaired) electrons. The lowest BCUT2D eigenvalue weighted by molar-refractivity contribution is -0.128. The van der Waals surface area contributed by atoms with Gasteiger partial charge in [-0.15, -0.1) is 0 Å². The molecule has 2 nitrogen and oxygen atoms in total. The zero-order valence-electron chi connectivity index (χ0n) is 7.44. The Kier molecular flexibility index (Phi) is 2.81. The highest BCUT2D eigenvalue weighted by molar-refractivity contribution is 7.98. The molecular weight excluding hydrogens is 249 g/mol. The lowest BCUT2D eigenvalue weighted by Gasteiger charge is -2.07. The molecule has 2 heterocycles. The lowest BCUT2D eigenvalue weighted by atomic mass is 10.2. The minimum absolute atomic E-state index is 0.157. The van der Waals surface area contributed by atoms with Crippen molar-refractivity contribution in [3.8, 4) is 0 Å². The summed E-state index contributed by atoms with van der Waals surface area (Å²) in [7, 11) is 0. The molecule has 0 amide bonds. The molecule has 1 aromatic heterocycles. The van der Waals surface area contributed by atoms with E-state index in [2.05, 4.69) is 9.97 Å². The molecule has 82 valence electrons. The van der Waals surface area contributed by atoms with Crippen molar-refractivity contribution in [3.63, 3.8) is 0 Å². The van der Waals surface area contributed by atoms with Gasteiger partial charge >= 0.3 is 6.18 Å². The maximum atomic E-state index is 12.1. The summed E-state index contributed by atoms with van der Waals surface area (Å²) in [5.41, 5.74) is 1.41. The first-order valence-corrected chi connectivity index (χ1v) is 5.67. The molecule has 1 aliphatic rings. The van der Waals surface area contributed by atoms with Gasteiger partial charge in [-0.3, -0.25) is 0 Å². The largest absolute Gasteiger partial charge is 0.396 e. The van der Waals surface area contributed by atoms with Crippen molar-refractivity contribution in [2.24, 2.45) is 0 Å². The van der Waals surface area contributed by atoms with Gasteiger partial charge in [-0.1, -0.05) is 11.6 Å². The monoisotopic (exact) mass is 254 g/mol. The first-order chi connectivity index (χ1) is 6.96. The third kappa shape index (κ3) is 2.55. The molecule has 0 aliphatic carbocycles. The summed E-state index contributed by atoms with van der Waals surface area (Å²) in [6.07, 6.45) is -5.41. The summed E-state index contributed by atoms with van der Waals surface area (Å²) in [5.74, 6) is 1.05. The highest BCUT2D eigenvalue weighted by atomic mass is 35.5. The molecule has 2 rings (SSSR count). The van der Waals surface area contributed by atoms with E-state index in [0.717, 1.165) is 5.56 Å². The minimum Gasteiger partial charge on any atom is -0.236 e. The average molecular weight is 255 g/mol. The van der Waals surface area contributed by atoms with Gasteiger partial charge in [0.2, 0.25) is 0 Å². The van der Waals surface area contributed by atoms with Crippen LogP contribution in [0.2, 0.25) is 5.15 Å². The van der Waals surface area contributed by atoms with Gasteiger partial charge in [0.15, 0.2) is 0 Å². The van der Waals surface area contributed by atoms with E-state index in [1.54, 1.807) is 11.8 Å². The maximum Gasteiger partial charge on any atom is 0.396 e. The molecule has 0 aromatic carbocycles. The van der Waals surface area contributed by atoms with Crippen LogP contribution in [0.3, 0.4) is 0 Å². The Morgan fingerprint density at radius 1 is 1.27 bits per heavy atom. The predicted molar refractivity (Wildman–Crippen MR) is 51.8 cm³/mol. The van der Waals surface area contributed by atoms with Crippen LogP contribution in [0.5, 0.6) is 0 Å². The Balaban J connectivity index is 2.32. The van der Waals surface area contributed by atoms with E-state index in [-0.39, 0.29) is 11.0 Å². The minimum atomic E-state index is -4.29. The normalized spacial score (nSPS) is 15.5. The van der Waals surface area contributed by atoms with E-state index in [9.17, 15) is 13.2 Å². The Hall–Kier alpha value is -0.490. The van der Waals surface area contributed by atoms with Gasteiger partial charge in [0.05, 0.1) is 5.69 Å². The molecule has 15 heavy (non-hydrogen) atoms. The van der Waals surface area contributed by atoms with Gasteiger partial charge in [0.1, 0.15) is 17.4 Å². The Morgan fingerprint density at radius 3 is 2.67 bits per heavy atom. The van der Waals surface area contributed by atoms with Crippen molar-refractivity contribution in [2.75, 3.05) is 0 Å². The number of halogens is 4. The van der Waals surface area contributed by atoms with Crippen molar-refractivity contribution >= 4 is 23.4 Å². The Bertz CT molecular complexity index is 394. The molecular formula is C8H6ClF3N2S. The van der Waals surface area contributed by atoms with Crippen LogP contribution in [0, 0.1) is 0 Å². The second-order valence-corrected chi connectivity index (χ2v) is 4.48. The summed E-state index contributed by atoms with van der Waals surface area (Å²) in [4.78, 5) is 7.51. The molecule has 0 saturated heterocycles. The molecule has 0 bridgehead atoms. The van der Waals surface area contributed by atoms with E-state index >= 15 is 0 Å². The van der Waals surface area contributed by atoms with Crippen LogP contribution in [-0.2, 0) is 17.9 Å². The van der Waals surface area contributed by atoms with Gasteiger partial charge in [0, 0.05) is 17.1 Å². The van der Waals surface area contributed by atoms with Gasteiger partial charge < -0.3 is 0 Å². The van der Waals surface area contributed by atoms with Crippen molar-refractivity contribution in [1.82, 2.24) is 9.97 Å². The first-order valence-electron chi connectivity index (χ1n) is 4.14. The van der Waals surface area contributed by atoms with Gasteiger partial charge in [-0.25, -0.2) is 9.97 Å². The number of fused-ring (bicyclic) bond motifs is 1. The summed E-state index contributed by atoms with van der Waals surface area (Å²) >= 11 is 7.35. The van der Waals surface area contributed by atoms with Crippen molar-refractivity contribution in [1.29, 1.82) is 0 Å². The fourth-order valence-corrected chi connectivity index (χ4v) is 2.71. The SMILES string of the molecule is FC(F)(F)Cc1nc(Cl)c2c(n1)CSC2. The lowest BCUT2D eigenvalue weighted by Crippen LogP contribution is -2.15. The fraction of sp³-hybridized carbons (Fsp3) is 0.500. The summed E-state index contributed by atoms with van der Waals surface area (Å²) in [6, 6.07) is 0. The van der Waals surface area contributed by atoms with Gasteiger partial charge in [-0.05, 0) is 0 Å². The van der Waals surface area contributed by atoms with Crippen molar-refractivity contribution in [3.05, 3.63) is 22.2 Å². The predicted octanol–water partition coefficient (Wildman–Crippen LogP) is 2.98. The molecule has 1 aliphatic heterocycles. The standard InChI is InChI=1S/C8H6ClF3N2S/c9-7-4-2-15-3-5(4)13-6(14-7)1-8(10,11)12/h1-3H2. The topological polar surface area (TPSA) is 25.8 Å². The van der Waals surface area contributed by atoms with Crippen LogP contribution < -0.4 is 0 Å². The average Bonchev–Trinajstić information content (AvgIpc) is 2.48. The number of hydrogen-bond acceptors (Lipinski definition) is 3. The molecule has 7 heteroatoms. The van der Waals surface area contributed by atoms with Crippen LogP contribution in [0.15, 0.2) is 0 Å². The molecule has 1 aromatic rings. The van der Waals surface area contributed by atoms with E-state index in [0.29, 0.717) is 17.2 Å². The molecule has 0 unspecified atom stereocenters. The molecule has 0 N–H and O–H groups in total. The van der Waals surface area contributed by atoms with Crippen LogP contribution in [0.4, 0.5) is 13.2 Å². The van der Waals surface area contributed by atoms with Crippen molar-refractivity contribution in [2.45, 2.75) is 24.1 Å². The van der Waals surface area contributed by atoms with Gasteiger partial charge in [-0.2, -0.15) is 24.9 Å². The smallest absolute Gasteiger partial charge is 0.236 e. The number of alkyl halides is 3. The van der Waals surface area contributed by atoms with E-state index in [4.69, 9.17) is 11.6 Å². The summed E-state index contributed by atoms with van der Waals surface area (Å²) in [6.45, 7) is 0. The second kappa shape index (κ2) is 3.83. The second-order valence-electron chi connectivity index (χ2n) is 3.14. The summed E-state index contributed by atoms with van der Waals surface area (Å²) < 4.78 is 36.3. The molecule has 0 fully saturated rings. The van der Waals surface area contributed by atoms with Crippen LogP contribution in [-0.4, -0.2) is 16.1 Å². The zero-order valence-corrected chi connectivity index (χ0v) is 9.01. The Labute approximate surface area is 93.2 Å². The number of thioether (sulfide) groups is 1. The van der Waals surface area contributed by atoms with Crippen LogP contribution >= 0.6 is 23.4 Å². The van der Waals surface area contributed by atoms with Crippen LogP contribution in [0.1, 0.15) is 17.1 Å². The highest BCUT2D eigenvalue weighted by Gasteiger charge is 2.30. The number of aromatic nitrogens is 2. The fourth-order valence-electron chi connectivity index (χ4n) is 1.32. The third-order valence-electron chi connectivity index (χ3n) is 1.93. The zero-order chi connectivity index (χ0) is 11.1. The van der Waals surface area contributed by atoms with E-state index in [1.807, 2.05) is 0 Å². The highest BCUT2D eigenvalue weighted by Crippen LogP contribution is 2.33. The number of hydrogen-bond donors (Lipinski definition) is 0. The van der Waals surface area contributed by atoms with Crippen molar-refractivity contribution < 1.29 is 13.2 Å². The maximum absolute atomic E-state index is 12.1. The van der Waals surface area contributed by atoms with Crippen LogP contribution in [0.25, 0.3) is 0 Å². The molecule has 0 atom stereocenters. The summed E-state index contributed by atoms with van der Waals surface area (Å²) in [5, 5.41) is 0.157. The van der Waals surface area contributed by atoms with Gasteiger partial charge in [0.25, 0.3) is 0 Å². The number of nitrogens with zero attached hydrogens (tertiary/aromatic N) is 2. The quantitative estimate of drug-likeness (QED) is 0.721. The third-order valence-corrected chi connectivity index (χ3v) is 3.22. The number of rotatable bonds is 1. The Morgan fingerprint density at radius 2 is 2.00 bits per heavy atom. The van der Waals surface area contributed by atoms with E-state index in [1.165, 1.54) is 0 Å². The van der Waals surface area contributed by atoms with E-state index < -0.39 is 12.6 Å². The first kappa shape index (κ1) is 11.0.